The average Bonchev–Trinajstić information content (AvgIpc) is 3.03. The molecule has 2 heterocycles. The first-order chi connectivity index (χ1) is 14.4. The van der Waals surface area contributed by atoms with Crippen molar-refractivity contribution >= 4 is 34.2 Å². The highest BCUT2D eigenvalue weighted by Gasteiger charge is 2.14. The van der Waals surface area contributed by atoms with Gasteiger partial charge in [-0.05, 0) is 35.4 Å². The van der Waals surface area contributed by atoms with E-state index in [1.165, 1.54) is 13.8 Å². The third-order valence-electron chi connectivity index (χ3n) is 4.65. The molecule has 150 valence electrons. The lowest BCUT2D eigenvalue weighted by molar-refractivity contribution is -0.115. The van der Waals surface area contributed by atoms with Crippen LogP contribution in [0.2, 0.25) is 0 Å². The maximum Gasteiger partial charge on any atom is 0.221 e. The van der Waals surface area contributed by atoms with Crippen molar-refractivity contribution < 1.29 is 9.59 Å². The molecule has 0 aliphatic heterocycles. The molecule has 0 saturated heterocycles. The van der Waals surface area contributed by atoms with Crippen LogP contribution in [0.1, 0.15) is 13.8 Å². The maximum absolute atomic E-state index is 11.4. The van der Waals surface area contributed by atoms with E-state index in [9.17, 15) is 9.59 Å². The van der Waals surface area contributed by atoms with E-state index < -0.39 is 0 Å². The molecule has 0 aliphatic rings. The van der Waals surface area contributed by atoms with Gasteiger partial charge in [0, 0.05) is 37.5 Å². The zero-order chi connectivity index (χ0) is 21.3. The summed E-state index contributed by atoms with van der Waals surface area (Å²) in [7, 11) is 1.84. The van der Waals surface area contributed by atoms with E-state index in [0.717, 1.165) is 39.1 Å². The van der Waals surface area contributed by atoms with Gasteiger partial charge in [0.05, 0.1) is 11.9 Å². The third kappa shape index (κ3) is 3.91. The van der Waals surface area contributed by atoms with Gasteiger partial charge in [-0.15, -0.1) is 0 Å². The minimum absolute atomic E-state index is 0.108. The van der Waals surface area contributed by atoms with E-state index in [4.69, 9.17) is 0 Å². The molecule has 7 nitrogen and oxygen atoms in total. The molecule has 0 fully saturated rings. The molecule has 0 spiro atoms. The molecule has 7 heteroatoms. The van der Waals surface area contributed by atoms with Crippen molar-refractivity contribution in [3.8, 4) is 22.4 Å². The first kappa shape index (κ1) is 19.3. The number of nitrogens with one attached hydrogen (secondary N) is 2. The quantitative estimate of drug-likeness (QED) is 0.538. The van der Waals surface area contributed by atoms with Crippen LogP contribution in [0.25, 0.3) is 33.4 Å². The van der Waals surface area contributed by atoms with Crippen LogP contribution in [0.15, 0.2) is 60.8 Å². The fourth-order valence-electron chi connectivity index (χ4n) is 3.45. The predicted octanol–water partition coefficient (Wildman–Crippen LogP) is 4.22. The monoisotopic (exact) mass is 399 g/mol. The van der Waals surface area contributed by atoms with Crippen molar-refractivity contribution in [3.05, 3.63) is 60.8 Å². The van der Waals surface area contributed by atoms with Crippen molar-refractivity contribution in [2.75, 3.05) is 10.6 Å². The van der Waals surface area contributed by atoms with Gasteiger partial charge < -0.3 is 10.6 Å². The summed E-state index contributed by atoms with van der Waals surface area (Å²) in [6.45, 7) is 2.95. The standard InChI is InChI=1S/C23H21N5O2/c1-14(29)25-19-9-5-7-17(11-19)16-6-4-8-18(10-16)22-21-12-20(26-15(2)30)13-24-23(21)28(3)27-22/h4-13H,1-3H3,(H,25,29)(H,26,30). The molecule has 4 aromatic rings. The average molecular weight is 399 g/mol. The van der Waals surface area contributed by atoms with E-state index in [1.807, 2.05) is 55.6 Å². The lowest BCUT2D eigenvalue weighted by Crippen LogP contribution is -2.05. The number of fused-ring (bicyclic) bond motifs is 1. The molecule has 0 saturated carbocycles. The van der Waals surface area contributed by atoms with E-state index in [1.54, 1.807) is 10.9 Å². The van der Waals surface area contributed by atoms with Crippen LogP contribution in [0, 0.1) is 0 Å². The highest BCUT2D eigenvalue weighted by Crippen LogP contribution is 2.32. The van der Waals surface area contributed by atoms with E-state index in [-0.39, 0.29) is 11.8 Å². The first-order valence-corrected chi connectivity index (χ1v) is 9.49. The minimum atomic E-state index is -0.150. The Hall–Kier alpha value is -4.00. The SMILES string of the molecule is CC(=O)Nc1cccc(-c2cccc(-c3nn(C)c4ncc(NC(C)=O)cc34)c2)c1. The number of anilines is 2. The molecule has 0 atom stereocenters. The second kappa shape index (κ2) is 7.79. The van der Waals surface area contributed by atoms with Gasteiger partial charge in [-0.2, -0.15) is 5.10 Å². The van der Waals surface area contributed by atoms with Crippen molar-refractivity contribution in [2.24, 2.45) is 7.05 Å². The number of aryl methyl sites for hydroxylation is 1. The van der Waals surface area contributed by atoms with E-state index in [2.05, 4.69) is 26.8 Å². The Labute approximate surface area is 173 Å². The number of hydrogen-bond donors (Lipinski definition) is 2. The third-order valence-corrected chi connectivity index (χ3v) is 4.65. The van der Waals surface area contributed by atoms with Gasteiger partial charge in [-0.3, -0.25) is 9.59 Å². The molecule has 30 heavy (non-hydrogen) atoms. The molecular formula is C23H21N5O2. The molecule has 2 N–H and O–H groups in total. The van der Waals surface area contributed by atoms with Gasteiger partial charge >= 0.3 is 0 Å². The van der Waals surface area contributed by atoms with Crippen molar-refractivity contribution in [1.82, 2.24) is 14.8 Å². The number of nitrogens with zero attached hydrogens (tertiary/aromatic N) is 3. The van der Waals surface area contributed by atoms with E-state index >= 15 is 0 Å². The molecule has 4 rings (SSSR count). The molecule has 0 aliphatic carbocycles. The second-order valence-electron chi connectivity index (χ2n) is 7.09. The van der Waals surface area contributed by atoms with Crippen molar-refractivity contribution in [3.63, 3.8) is 0 Å². The Kier molecular flexibility index (Phi) is 5.02. The largest absolute Gasteiger partial charge is 0.326 e. The van der Waals surface area contributed by atoms with Crippen molar-refractivity contribution in [1.29, 1.82) is 0 Å². The Balaban J connectivity index is 1.78. The molecule has 2 amide bonds. The number of aromatic nitrogens is 3. The molecular weight excluding hydrogens is 378 g/mol. The van der Waals surface area contributed by atoms with Gasteiger partial charge in [0.2, 0.25) is 11.8 Å². The number of pyridine rings is 1. The zero-order valence-corrected chi connectivity index (χ0v) is 16.9. The summed E-state index contributed by atoms with van der Waals surface area (Å²) in [6, 6.07) is 17.6. The van der Waals surface area contributed by atoms with Gasteiger partial charge in [0.25, 0.3) is 0 Å². The second-order valence-corrected chi connectivity index (χ2v) is 7.09. The highest BCUT2D eigenvalue weighted by atomic mass is 16.2. The topological polar surface area (TPSA) is 88.9 Å². The summed E-state index contributed by atoms with van der Waals surface area (Å²) < 4.78 is 1.73. The van der Waals surface area contributed by atoms with Gasteiger partial charge in [-0.1, -0.05) is 30.3 Å². The molecule has 0 bridgehead atoms. The number of carbonyl (C=O) groups excluding carboxylic acids is 2. The van der Waals surface area contributed by atoms with Gasteiger partial charge in [0.1, 0.15) is 5.69 Å². The smallest absolute Gasteiger partial charge is 0.221 e. The van der Waals surface area contributed by atoms with Crippen LogP contribution in [-0.4, -0.2) is 26.6 Å². The zero-order valence-electron chi connectivity index (χ0n) is 16.9. The number of hydrogen-bond acceptors (Lipinski definition) is 4. The summed E-state index contributed by atoms with van der Waals surface area (Å²) in [5.41, 5.74) is 5.82. The van der Waals surface area contributed by atoms with Crippen LogP contribution >= 0.6 is 0 Å². The van der Waals surface area contributed by atoms with Crippen LogP contribution in [0.5, 0.6) is 0 Å². The fourth-order valence-corrected chi connectivity index (χ4v) is 3.45. The van der Waals surface area contributed by atoms with Crippen LogP contribution in [0.4, 0.5) is 11.4 Å². The van der Waals surface area contributed by atoms with Gasteiger partial charge in [-0.25, -0.2) is 9.67 Å². The fraction of sp³-hybridized carbons (Fsp3) is 0.130. The van der Waals surface area contributed by atoms with Crippen LogP contribution < -0.4 is 10.6 Å². The van der Waals surface area contributed by atoms with Crippen LogP contribution in [-0.2, 0) is 16.6 Å². The summed E-state index contributed by atoms with van der Waals surface area (Å²) in [5.74, 6) is -0.258. The number of amides is 2. The van der Waals surface area contributed by atoms with Crippen LogP contribution in [0.3, 0.4) is 0 Å². The number of rotatable bonds is 4. The lowest BCUT2D eigenvalue weighted by atomic mass is 10.0. The Morgan fingerprint density at radius 2 is 1.47 bits per heavy atom. The maximum atomic E-state index is 11.4. The predicted molar refractivity (Wildman–Crippen MR) is 118 cm³/mol. The van der Waals surface area contributed by atoms with E-state index in [0.29, 0.717) is 5.69 Å². The molecule has 2 aromatic carbocycles. The summed E-state index contributed by atoms with van der Waals surface area (Å²) in [4.78, 5) is 27.2. The summed E-state index contributed by atoms with van der Waals surface area (Å²) >= 11 is 0. The molecule has 2 aromatic heterocycles. The lowest BCUT2D eigenvalue weighted by Gasteiger charge is -2.08. The Bertz CT molecular complexity index is 1280. The normalized spacial score (nSPS) is 10.8. The molecule has 0 unspecified atom stereocenters. The van der Waals surface area contributed by atoms with Gasteiger partial charge in [0.15, 0.2) is 5.65 Å². The summed E-state index contributed by atoms with van der Waals surface area (Å²) in [6.07, 6.45) is 1.62. The number of carbonyl (C=O) groups is 2. The Morgan fingerprint density at radius 3 is 2.20 bits per heavy atom. The number of benzene rings is 2. The van der Waals surface area contributed by atoms with Crippen molar-refractivity contribution in [2.45, 2.75) is 13.8 Å². The first-order valence-electron chi connectivity index (χ1n) is 9.49. The summed E-state index contributed by atoms with van der Waals surface area (Å²) in [5, 5.41) is 11.1. The minimum Gasteiger partial charge on any atom is -0.326 e. The molecule has 0 radical (unpaired) electrons. The Morgan fingerprint density at radius 1 is 0.833 bits per heavy atom. The highest BCUT2D eigenvalue weighted by molar-refractivity contribution is 5.96.